The van der Waals surface area contributed by atoms with Crippen LogP contribution in [0, 0.1) is 6.92 Å². The first-order valence-corrected chi connectivity index (χ1v) is 7.76. The first kappa shape index (κ1) is 18.5. The average molecular weight is 362 g/mol. The third-order valence-electron chi connectivity index (χ3n) is 3.21. The Morgan fingerprint density at radius 3 is 2.64 bits per heavy atom. The molecule has 0 saturated carbocycles. The highest BCUT2D eigenvalue weighted by Gasteiger charge is 2.10. The zero-order valence-electron chi connectivity index (χ0n) is 13.5. The Morgan fingerprint density at radius 2 is 1.92 bits per heavy atom. The molecule has 0 aromatic heterocycles. The van der Waals surface area contributed by atoms with Crippen molar-refractivity contribution in [2.24, 2.45) is 0 Å². The average Bonchev–Trinajstić information content (AvgIpc) is 2.61. The Bertz CT molecular complexity index is 791. The Labute approximate surface area is 149 Å². The van der Waals surface area contributed by atoms with Crippen molar-refractivity contribution in [2.45, 2.75) is 6.92 Å². The van der Waals surface area contributed by atoms with Gasteiger partial charge in [-0.1, -0.05) is 29.8 Å². The maximum Gasteiger partial charge on any atom is 0.344 e. The molecule has 6 nitrogen and oxygen atoms in total. The van der Waals surface area contributed by atoms with Crippen LogP contribution in [-0.2, 0) is 14.3 Å². The molecular weight excluding hydrogens is 346 g/mol. The van der Waals surface area contributed by atoms with Crippen LogP contribution in [0.5, 0.6) is 5.75 Å². The number of amides is 1. The highest BCUT2D eigenvalue weighted by molar-refractivity contribution is 6.31. The van der Waals surface area contributed by atoms with E-state index in [1.165, 1.54) is 0 Å². The molecular formula is C18H16ClNO5. The monoisotopic (exact) mass is 361 g/mol. The number of benzene rings is 2. The van der Waals surface area contributed by atoms with Gasteiger partial charge in [-0.3, -0.25) is 9.59 Å². The van der Waals surface area contributed by atoms with Crippen molar-refractivity contribution in [2.75, 3.05) is 18.5 Å². The third-order valence-corrected chi connectivity index (χ3v) is 3.62. The Balaban J connectivity index is 1.78. The van der Waals surface area contributed by atoms with Gasteiger partial charge in [0, 0.05) is 10.7 Å². The van der Waals surface area contributed by atoms with Gasteiger partial charge in [0.2, 0.25) is 0 Å². The van der Waals surface area contributed by atoms with Crippen LogP contribution >= 0.6 is 11.6 Å². The predicted octanol–water partition coefficient (Wildman–Crippen LogP) is 3.02. The lowest BCUT2D eigenvalue weighted by Gasteiger charge is -2.09. The molecule has 0 aliphatic carbocycles. The summed E-state index contributed by atoms with van der Waals surface area (Å²) in [5.74, 6) is -0.951. The van der Waals surface area contributed by atoms with E-state index in [0.29, 0.717) is 22.6 Å². The number of nitrogens with one attached hydrogen (secondary N) is 1. The van der Waals surface area contributed by atoms with Gasteiger partial charge in [0.05, 0.1) is 5.56 Å². The minimum absolute atomic E-state index is 0.271. The van der Waals surface area contributed by atoms with E-state index in [2.05, 4.69) is 5.32 Å². The molecule has 2 rings (SSSR count). The molecule has 130 valence electrons. The molecule has 0 bridgehead atoms. The minimum Gasteiger partial charge on any atom is -0.481 e. The zero-order chi connectivity index (χ0) is 18.2. The summed E-state index contributed by atoms with van der Waals surface area (Å²) in [5.41, 5.74) is 1.72. The molecule has 0 fully saturated rings. The number of hydrogen-bond acceptors (Lipinski definition) is 5. The molecule has 25 heavy (non-hydrogen) atoms. The van der Waals surface area contributed by atoms with Gasteiger partial charge in [-0.25, -0.2) is 4.79 Å². The second-order valence-corrected chi connectivity index (χ2v) is 5.52. The lowest BCUT2D eigenvalue weighted by atomic mass is 10.2. The van der Waals surface area contributed by atoms with Crippen molar-refractivity contribution in [3.63, 3.8) is 0 Å². The summed E-state index contributed by atoms with van der Waals surface area (Å²) >= 11 is 5.97. The van der Waals surface area contributed by atoms with E-state index in [0.717, 1.165) is 5.56 Å². The summed E-state index contributed by atoms with van der Waals surface area (Å²) < 4.78 is 10.0. The van der Waals surface area contributed by atoms with Crippen molar-refractivity contribution < 1.29 is 23.9 Å². The lowest BCUT2D eigenvalue weighted by molar-refractivity contribution is -0.149. The second-order valence-electron chi connectivity index (χ2n) is 5.12. The number of para-hydroxylation sites is 1. The summed E-state index contributed by atoms with van der Waals surface area (Å²) in [5, 5.41) is 3.09. The van der Waals surface area contributed by atoms with Crippen LogP contribution in [0.2, 0.25) is 5.02 Å². The van der Waals surface area contributed by atoms with E-state index in [9.17, 15) is 14.4 Å². The summed E-state index contributed by atoms with van der Waals surface area (Å²) in [6.45, 7) is 0.982. The fourth-order valence-electron chi connectivity index (χ4n) is 1.90. The molecule has 0 radical (unpaired) electrons. The van der Waals surface area contributed by atoms with Crippen molar-refractivity contribution >= 4 is 35.5 Å². The van der Waals surface area contributed by atoms with E-state index >= 15 is 0 Å². The smallest absolute Gasteiger partial charge is 0.344 e. The first-order valence-electron chi connectivity index (χ1n) is 7.38. The number of hydrogen-bond donors (Lipinski definition) is 1. The number of aldehydes is 1. The number of carbonyl (C=O) groups excluding carboxylic acids is 3. The Morgan fingerprint density at radius 1 is 1.16 bits per heavy atom. The summed E-state index contributed by atoms with van der Waals surface area (Å²) in [4.78, 5) is 34.3. The highest BCUT2D eigenvalue weighted by Crippen LogP contribution is 2.20. The van der Waals surface area contributed by atoms with Crippen LogP contribution in [0.25, 0.3) is 0 Å². The predicted molar refractivity (Wildman–Crippen MR) is 93.1 cm³/mol. The van der Waals surface area contributed by atoms with Gasteiger partial charge in [-0.2, -0.15) is 0 Å². The number of anilines is 1. The van der Waals surface area contributed by atoms with Gasteiger partial charge in [0.1, 0.15) is 5.75 Å². The molecule has 1 amide bonds. The fraction of sp³-hybridized carbons (Fsp3) is 0.167. The number of aryl methyl sites for hydroxylation is 1. The van der Waals surface area contributed by atoms with Gasteiger partial charge >= 0.3 is 5.97 Å². The van der Waals surface area contributed by atoms with Gasteiger partial charge in [-0.15, -0.1) is 0 Å². The summed E-state index contributed by atoms with van der Waals surface area (Å²) in [6, 6.07) is 11.5. The van der Waals surface area contributed by atoms with Crippen molar-refractivity contribution in [1.29, 1.82) is 0 Å². The molecule has 0 spiro atoms. The Kier molecular flexibility index (Phi) is 6.54. The molecule has 2 aromatic carbocycles. The van der Waals surface area contributed by atoms with Crippen LogP contribution in [0.15, 0.2) is 42.5 Å². The molecule has 0 atom stereocenters. The van der Waals surface area contributed by atoms with Gasteiger partial charge in [0.15, 0.2) is 19.5 Å². The standard InChI is InChI=1S/C18H16ClNO5/c1-12-6-7-14(8-15(12)19)20-17(22)10-25-18(23)11-24-16-5-3-2-4-13(16)9-21/h2-9H,10-11H2,1H3,(H,20,22). The summed E-state index contributed by atoms with van der Waals surface area (Å²) in [6.07, 6.45) is 0.626. The molecule has 7 heteroatoms. The van der Waals surface area contributed by atoms with Crippen molar-refractivity contribution in [1.82, 2.24) is 0 Å². The maximum absolute atomic E-state index is 11.8. The molecule has 0 unspecified atom stereocenters. The van der Waals surface area contributed by atoms with E-state index in [-0.39, 0.29) is 5.75 Å². The minimum atomic E-state index is -0.724. The molecule has 0 aliphatic rings. The first-order chi connectivity index (χ1) is 12.0. The van der Waals surface area contributed by atoms with Gasteiger partial charge < -0.3 is 14.8 Å². The van der Waals surface area contributed by atoms with E-state index in [1.807, 2.05) is 6.92 Å². The maximum atomic E-state index is 11.8. The van der Waals surface area contributed by atoms with E-state index in [4.69, 9.17) is 21.1 Å². The molecule has 0 heterocycles. The van der Waals surface area contributed by atoms with Gasteiger partial charge in [-0.05, 0) is 36.8 Å². The highest BCUT2D eigenvalue weighted by atomic mass is 35.5. The number of carbonyl (C=O) groups is 3. The molecule has 0 saturated heterocycles. The summed E-state index contributed by atoms with van der Waals surface area (Å²) in [7, 11) is 0. The quantitative estimate of drug-likeness (QED) is 0.605. The number of rotatable bonds is 7. The van der Waals surface area contributed by atoms with Crippen molar-refractivity contribution in [3.05, 3.63) is 58.6 Å². The topological polar surface area (TPSA) is 81.7 Å². The van der Waals surface area contributed by atoms with Crippen LogP contribution in [0.4, 0.5) is 5.69 Å². The van der Waals surface area contributed by atoms with E-state index in [1.54, 1.807) is 42.5 Å². The van der Waals surface area contributed by atoms with Crippen LogP contribution < -0.4 is 10.1 Å². The van der Waals surface area contributed by atoms with Gasteiger partial charge in [0.25, 0.3) is 5.91 Å². The third kappa shape index (κ3) is 5.61. The van der Waals surface area contributed by atoms with E-state index < -0.39 is 25.1 Å². The molecule has 1 N–H and O–H groups in total. The molecule has 2 aromatic rings. The normalized spacial score (nSPS) is 10.0. The largest absolute Gasteiger partial charge is 0.481 e. The second kappa shape index (κ2) is 8.84. The van der Waals surface area contributed by atoms with Crippen LogP contribution in [-0.4, -0.2) is 31.4 Å². The van der Waals surface area contributed by atoms with Crippen molar-refractivity contribution in [3.8, 4) is 5.75 Å². The van der Waals surface area contributed by atoms with Crippen LogP contribution in [0.1, 0.15) is 15.9 Å². The SMILES string of the molecule is Cc1ccc(NC(=O)COC(=O)COc2ccccc2C=O)cc1Cl. The Hall–Kier alpha value is -2.86. The lowest BCUT2D eigenvalue weighted by Crippen LogP contribution is -2.23. The molecule has 0 aliphatic heterocycles. The number of ether oxygens (including phenoxy) is 2. The zero-order valence-corrected chi connectivity index (χ0v) is 14.2. The number of esters is 1. The van der Waals surface area contributed by atoms with Crippen LogP contribution in [0.3, 0.4) is 0 Å². The fourth-order valence-corrected chi connectivity index (χ4v) is 2.08. The number of halogens is 1.